The molecule has 1 aliphatic heterocycles. The molecule has 228 valence electrons. The lowest BCUT2D eigenvalue weighted by Crippen LogP contribution is -2.42. The number of aromatic hydroxyl groups is 1. The maximum absolute atomic E-state index is 12.8. The number of esters is 2. The number of fused-ring (bicyclic) bond motifs is 1. The number of anilines is 2. The molecule has 42 heavy (non-hydrogen) atoms. The lowest BCUT2D eigenvalue weighted by molar-refractivity contribution is -0.146. The van der Waals surface area contributed by atoms with E-state index in [1.54, 1.807) is 46.8 Å². The third-order valence-electron chi connectivity index (χ3n) is 6.82. The highest BCUT2D eigenvalue weighted by atomic mass is 16.5. The van der Waals surface area contributed by atoms with Gasteiger partial charge in [0.05, 0.1) is 18.8 Å². The van der Waals surface area contributed by atoms with Crippen LogP contribution < -0.4 is 16.0 Å². The second-order valence-electron chi connectivity index (χ2n) is 11.2. The quantitative estimate of drug-likeness (QED) is 0.272. The fraction of sp³-hybridized carbons (Fsp3) is 0.533. The SMILES string of the molecule is CCOC(=O)CC[C@H](NC(=O)c1ccc(CCC2CNc3nc(NC(=O)C(C)(C)C)nc(O)c3C2)cc1)C(=O)OCC. The molecule has 0 radical (unpaired) electrons. The minimum atomic E-state index is -0.963. The Morgan fingerprint density at radius 1 is 1.07 bits per heavy atom. The molecule has 4 N–H and O–H groups in total. The van der Waals surface area contributed by atoms with E-state index in [0.29, 0.717) is 29.9 Å². The van der Waals surface area contributed by atoms with Crippen LogP contribution in [-0.2, 0) is 36.7 Å². The summed E-state index contributed by atoms with van der Waals surface area (Å²) >= 11 is 0. The summed E-state index contributed by atoms with van der Waals surface area (Å²) in [6.07, 6.45) is 2.21. The van der Waals surface area contributed by atoms with Crippen LogP contribution in [0.2, 0.25) is 0 Å². The molecule has 0 spiro atoms. The molecule has 2 heterocycles. The van der Waals surface area contributed by atoms with Crippen molar-refractivity contribution in [1.29, 1.82) is 0 Å². The van der Waals surface area contributed by atoms with E-state index in [2.05, 4.69) is 25.9 Å². The van der Waals surface area contributed by atoms with Crippen molar-refractivity contribution in [2.45, 2.75) is 72.8 Å². The van der Waals surface area contributed by atoms with Gasteiger partial charge in [-0.2, -0.15) is 9.97 Å². The minimum Gasteiger partial charge on any atom is -0.493 e. The average molecular weight is 584 g/mol. The number of benzene rings is 1. The van der Waals surface area contributed by atoms with E-state index >= 15 is 0 Å². The van der Waals surface area contributed by atoms with Crippen molar-refractivity contribution in [3.05, 3.63) is 41.0 Å². The van der Waals surface area contributed by atoms with E-state index < -0.39 is 29.3 Å². The van der Waals surface area contributed by atoms with Crippen LogP contribution in [0, 0.1) is 11.3 Å². The topological polar surface area (TPSA) is 169 Å². The predicted octanol–water partition coefficient (Wildman–Crippen LogP) is 3.39. The first kappa shape index (κ1) is 32.3. The van der Waals surface area contributed by atoms with Crippen LogP contribution in [0.3, 0.4) is 0 Å². The number of rotatable bonds is 12. The molecule has 0 fully saturated rings. The first-order valence-electron chi connectivity index (χ1n) is 14.3. The molecule has 0 bridgehead atoms. The summed E-state index contributed by atoms with van der Waals surface area (Å²) in [5.41, 5.74) is 1.41. The van der Waals surface area contributed by atoms with Gasteiger partial charge in [0.1, 0.15) is 11.9 Å². The van der Waals surface area contributed by atoms with Gasteiger partial charge in [-0.15, -0.1) is 0 Å². The molecule has 1 aromatic heterocycles. The number of ether oxygens (including phenoxy) is 2. The van der Waals surface area contributed by atoms with Crippen molar-refractivity contribution in [1.82, 2.24) is 15.3 Å². The minimum absolute atomic E-state index is 0.0180. The molecule has 12 nitrogen and oxygen atoms in total. The molecule has 0 aliphatic carbocycles. The van der Waals surface area contributed by atoms with Gasteiger partial charge in [-0.25, -0.2) is 4.79 Å². The van der Waals surface area contributed by atoms with Crippen LogP contribution in [-0.4, -0.2) is 64.6 Å². The molecule has 2 aromatic rings. The van der Waals surface area contributed by atoms with Crippen LogP contribution in [0.25, 0.3) is 0 Å². The van der Waals surface area contributed by atoms with E-state index in [1.165, 1.54) is 0 Å². The summed E-state index contributed by atoms with van der Waals surface area (Å²) < 4.78 is 9.97. The largest absolute Gasteiger partial charge is 0.493 e. The number of aryl methyl sites for hydroxylation is 1. The third-order valence-corrected chi connectivity index (χ3v) is 6.82. The maximum atomic E-state index is 12.8. The monoisotopic (exact) mass is 583 g/mol. The van der Waals surface area contributed by atoms with Gasteiger partial charge < -0.3 is 25.2 Å². The average Bonchev–Trinajstić information content (AvgIpc) is 2.94. The smallest absolute Gasteiger partial charge is 0.328 e. The number of carbonyl (C=O) groups excluding carboxylic acids is 4. The van der Waals surface area contributed by atoms with E-state index in [-0.39, 0.29) is 49.7 Å². The molecule has 1 aliphatic rings. The van der Waals surface area contributed by atoms with E-state index in [4.69, 9.17) is 9.47 Å². The maximum Gasteiger partial charge on any atom is 0.328 e. The van der Waals surface area contributed by atoms with Crippen molar-refractivity contribution < 1.29 is 33.8 Å². The Hall–Kier alpha value is -4.22. The van der Waals surface area contributed by atoms with Crippen LogP contribution in [0.15, 0.2) is 24.3 Å². The zero-order chi connectivity index (χ0) is 30.9. The number of amides is 2. The fourth-order valence-corrected chi connectivity index (χ4v) is 4.38. The number of carbonyl (C=O) groups is 4. The lowest BCUT2D eigenvalue weighted by Gasteiger charge is -2.26. The standard InChI is InChI=1S/C30H41N5O7/c1-6-41-23(36)15-14-22(27(39)42-7-2)32-25(37)20-12-10-18(11-13-20)8-9-19-16-21-24(31-17-19)33-29(34-26(21)38)35-28(40)30(3,4)5/h10-13,19,22H,6-9,14-17H2,1-5H3,(H,32,37)(H3,31,33,34,35,38,40)/t19?,22-/m0/s1. The number of hydrogen-bond acceptors (Lipinski definition) is 10. The first-order chi connectivity index (χ1) is 19.9. The number of aromatic nitrogens is 2. The highest BCUT2D eigenvalue weighted by molar-refractivity contribution is 5.97. The summed E-state index contributed by atoms with van der Waals surface area (Å²) in [4.78, 5) is 57.6. The van der Waals surface area contributed by atoms with Gasteiger partial charge in [-0.3, -0.25) is 19.7 Å². The van der Waals surface area contributed by atoms with Gasteiger partial charge in [0, 0.05) is 23.9 Å². The molecule has 1 unspecified atom stereocenters. The van der Waals surface area contributed by atoms with Gasteiger partial charge in [-0.05, 0) is 63.1 Å². The Morgan fingerprint density at radius 2 is 1.76 bits per heavy atom. The third kappa shape index (κ3) is 9.15. The van der Waals surface area contributed by atoms with Crippen LogP contribution >= 0.6 is 0 Å². The Kier molecular flexibility index (Phi) is 11.2. The molecular weight excluding hydrogens is 542 g/mol. The van der Waals surface area contributed by atoms with Crippen molar-refractivity contribution in [2.24, 2.45) is 11.3 Å². The van der Waals surface area contributed by atoms with E-state index in [9.17, 15) is 24.3 Å². The highest BCUT2D eigenvalue weighted by Crippen LogP contribution is 2.32. The Balaban J connectivity index is 1.55. The summed E-state index contributed by atoms with van der Waals surface area (Å²) in [7, 11) is 0. The van der Waals surface area contributed by atoms with Crippen molar-refractivity contribution in [2.75, 3.05) is 30.4 Å². The van der Waals surface area contributed by atoms with Crippen LogP contribution in [0.1, 0.15) is 75.4 Å². The number of nitrogens with one attached hydrogen (secondary N) is 3. The first-order valence-corrected chi connectivity index (χ1v) is 14.3. The van der Waals surface area contributed by atoms with Gasteiger partial charge in [0.25, 0.3) is 5.91 Å². The van der Waals surface area contributed by atoms with Crippen molar-refractivity contribution in [3.8, 4) is 5.88 Å². The Morgan fingerprint density at radius 3 is 2.40 bits per heavy atom. The number of hydrogen-bond donors (Lipinski definition) is 4. The second-order valence-corrected chi connectivity index (χ2v) is 11.2. The summed E-state index contributed by atoms with van der Waals surface area (Å²) in [5.74, 6) is -1.08. The molecule has 12 heteroatoms. The zero-order valence-electron chi connectivity index (χ0n) is 24.9. The summed E-state index contributed by atoms with van der Waals surface area (Å²) in [6.45, 7) is 9.76. The summed E-state index contributed by atoms with van der Waals surface area (Å²) in [6, 6.07) is 6.15. The van der Waals surface area contributed by atoms with Crippen molar-refractivity contribution >= 4 is 35.5 Å². The molecular formula is C30H41N5O7. The molecule has 1 aromatic carbocycles. The highest BCUT2D eigenvalue weighted by Gasteiger charge is 2.27. The van der Waals surface area contributed by atoms with Gasteiger partial charge in [-0.1, -0.05) is 32.9 Å². The molecule has 3 rings (SSSR count). The zero-order valence-corrected chi connectivity index (χ0v) is 24.9. The van der Waals surface area contributed by atoms with Crippen molar-refractivity contribution in [3.63, 3.8) is 0 Å². The van der Waals surface area contributed by atoms with Gasteiger partial charge >= 0.3 is 11.9 Å². The lowest BCUT2D eigenvalue weighted by atomic mass is 9.90. The number of nitrogens with zero attached hydrogens (tertiary/aromatic N) is 2. The Bertz CT molecular complexity index is 1270. The summed E-state index contributed by atoms with van der Waals surface area (Å²) in [5, 5.41) is 19.1. The molecule has 2 amide bonds. The molecule has 0 saturated heterocycles. The van der Waals surface area contributed by atoms with Gasteiger partial charge in [0.2, 0.25) is 17.7 Å². The van der Waals surface area contributed by atoms with E-state index in [1.807, 2.05) is 12.1 Å². The molecule has 2 atom stereocenters. The van der Waals surface area contributed by atoms with E-state index in [0.717, 1.165) is 18.4 Å². The second kappa shape index (κ2) is 14.6. The Labute approximate surface area is 246 Å². The van der Waals surface area contributed by atoms with Crippen LogP contribution in [0.4, 0.5) is 11.8 Å². The predicted molar refractivity (Wildman–Crippen MR) is 156 cm³/mol. The normalized spacial score (nSPS) is 15.0. The fourth-order valence-electron chi connectivity index (χ4n) is 4.38. The molecule has 0 saturated carbocycles. The van der Waals surface area contributed by atoms with Gasteiger partial charge in [0.15, 0.2) is 0 Å². The van der Waals surface area contributed by atoms with Crippen LogP contribution in [0.5, 0.6) is 5.88 Å².